The Hall–Kier alpha value is -2.21. The molecule has 1 amide bonds. The molecule has 0 bridgehead atoms. The van der Waals surface area contributed by atoms with E-state index in [4.69, 9.17) is 0 Å². The van der Waals surface area contributed by atoms with Crippen molar-refractivity contribution in [2.45, 2.75) is 33.6 Å². The van der Waals surface area contributed by atoms with Crippen LogP contribution in [0.1, 0.15) is 30.3 Å². The molecule has 0 unspecified atom stereocenters. The van der Waals surface area contributed by atoms with Gasteiger partial charge >= 0.3 is 0 Å². The van der Waals surface area contributed by atoms with Crippen LogP contribution in [0.25, 0.3) is 5.69 Å². The Morgan fingerprint density at radius 2 is 1.88 bits per heavy atom. The summed E-state index contributed by atoms with van der Waals surface area (Å²) >= 11 is 0. The van der Waals surface area contributed by atoms with E-state index in [0.717, 1.165) is 42.1 Å². The van der Waals surface area contributed by atoms with Gasteiger partial charge in [0.05, 0.1) is 17.8 Å². The number of hydrogen-bond acceptors (Lipinski definition) is 3. The highest BCUT2D eigenvalue weighted by Crippen LogP contribution is 2.18. The van der Waals surface area contributed by atoms with Crippen molar-refractivity contribution in [1.82, 2.24) is 20.4 Å². The maximum absolute atomic E-state index is 13.1. The normalized spacial score (nSPS) is 10.8. The van der Waals surface area contributed by atoms with Gasteiger partial charge in [-0.1, -0.05) is 6.92 Å². The number of amides is 1. The van der Waals surface area contributed by atoms with E-state index in [0.29, 0.717) is 13.0 Å². The molecule has 0 aliphatic heterocycles. The fourth-order valence-corrected chi connectivity index (χ4v) is 2.58. The summed E-state index contributed by atoms with van der Waals surface area (Å²) in [5.74, 6) is -0.297. The second-order valence-electron chi connectivity index (χ2n) is 5.81. The van der Waals surface area contributed by atoms with Gasteiger partial charge in [-0.05, 0) is 51.1 Å². The molecule has 24 heavy (non-hydrogen) atoms. The average Bonchev–Trinajstić information content (AvgIpc) is 2.83. The molecule has 2 rings (SSSR count). The van der Waals surface area contributed by atoms with Crippen LogP contribution in [0.15, 0.2) is 24.3 Å². The molecule has 1 aromatic heterocycles. The standard InChI is InChI=1S/C18H25FN4O/c1-4-9-20-10-11-21-18(24)12-17-13(2)22-23(14(17)3)16-7-5-15(19)6-8-16/h5-8,20H,4,9-12H2,1-3H3,(H,21,24). The van der Waals surface area contributed by atoms with Gasteiger partial charge in [0, 0.05) is 24.3 Å². The Kier molecular flexibility index (Phi) is 6.49. The first-order valence-electron chi connectivity index (χ1n) is 8.31. The van der Waals surface area contributed by atoms with Gasteiger partial charge in [0.2, 0.25) is 5.91 Å². The minimum absolute atomic E-state index is 0.0156. The molecule has 0 aliphatic rings. The van der Waals surface area contributed by atoms with Crippen molar-refractivity contribution >= 4 is 5.91 Å². The number of benzene rings is 1. The molecule has 130 valence electrons. The maximum atomic E-state index is 13.1. The van der Waals surface area contributed by atoms with Crippen molar-refractivity contribution in [1.29, 1.82) is 0 Å². The molecule has 2 aromatic rings. The lowest BCUT2D eigenvalue weighted by Gasteiger charge is -2.07. The quantitative estimate of drug-likeness (QED) is 0.729. The molecule has 2 N–H and O–H groups in total. The van der Waals surface area contributed by atoms with Gasteiger partial charge < -0.3 is 10.6 Å². The first-order valence-corrected chi connectivity index (χ1v) is 8.31. The van der Waals surface area contributed by atoms with Crippen LogP contribution in [0.3, 0.4) is 0 Å². The molecule has 0 fully saturated rings. The van der Waals surface area contributed by atoms with Crippen LogP contribution in [0.2, 0.25) is 0 Å². The van der Waals surface area contributed by atoms with E-state index < -0.39 is 0 Å². The smallest absolute Gasteiger partial charge is 0.224 e. The molecule has 0 aliphatic carbocycles. The van der Waals surface area contributed by atoms with E-state index in [1.165, 1.54) is 12.1 Å². The Labute approximate surface area is 142 Å². The van der Waals surface area contributed by atoms with Gasteiger partial charge in [-0.15, -0.1) is 0 Å². The summed E-state index contributed by atoms with van der Waals surface area (Å²) < 4.78 is 14.8. The third-order valence-electron chi connectivity index (χ3n) is 3.90. The first kappa shape index (κ1) is 18.1. The molecule has 6 heteroatoms. The molecule has 5 nitrogen and oxygen atoms in total. The van der Waals surface area contributed by atoms with Crippen LogP contribution in [0.4, 0.5) is 4.39 Å². The number of nitrogens with zero attached hydrogens (tertiary/aromatic N) is 2. The number of aryl methyl sites for hydroxylation is 1. The fraction of sp³-hybridized carbons (Fsp3) is 0.444. The number of hydrogen-bond donors (Lipinski definition) is 2. The molecule has 1 heterocycles. The lowest BCUT2D eigenvalue weighted by atomic mass is 10.1. The zero-order valence-electron chi connectivity index (χ0n) is 14.5. The summed E-state index contributed by atoms with van der Waals surface area (Å²) in [5.41, 5.74) is 3.42. The van der Waals surface area contributed by atoms with E-state index >= 15 is 0 Å². The highest BCUT2D eigenvalue weighted by atomic mass is 19.1. The van der Waals surface area contributed by atoms with Crippen molar-refractivity contribution < 1.29 is 9.18 Å². The monoisotopic (exact) mass is 332 g/mol. The van der Waals surface area contributed by atoms with E-state index in [9.17, 15) is 9.18 Å². The van der Waals surface area contributed by atoms with E-state index in [1.54, 1.807) is 16.8 Å². The van der Waals surface area contributed by atoms with Gasteiger partial charge in [0.1, 0.15) is 5.82 Å². The highest BCUT2D eigenvalue weighted by molar-refractivity contribution is 5.79. The Balaban J connectivity index is 2.01. The van der Waals surface area contributed by atoms with Gasteiger partial charge in [-0.2, -0.15) is 5.10 Å². The number of carbonyl (C=O) groups is 1. The van der Waals surface area contributed by atoms with Gasteiger partial charge in [0.25, 0.3) is 0 Å². The zero-order valence-corrected chi connectivity index (χ0v) is 14.5. The van der Waals surface area contributed by atoms with Crippen molar-refractivity contribution in [2.24, 2.45) is 0 Å². The molecule has 0 radical (unpaired) electrons. The fourth-order valence-electron chi connectivity index (χ4n) is 2.58. The predicted molar refractivity (Wildman–Crippen MR) is 92.9 cm³/mol. The van der Waals surface area contributed by atoms with E-state index in [1.807, 2.05) is 13.8 Å². The molecule has 0 saturated heterocycles. The van der Waals surface area contributed by atoms with Crippen LogP contribution in [-0.4, -0.2) is 35.3 Å². The summed E-state index contributed by atoms with van der Waals surface area (Å²) in [6, 6.07) is 6.17. The zero-order chi connectivity index (χ0) is 17.5. The largest absolute Gasteiger partial charge is 0.355 e. The maximum Gasteiger partial charge on any atom is 0.224 e. The lowest BCUT2D eigenvalue weighted by molar-refractivity contribution is -0.120. The number of nitrogens with one attached hydrogen (secondary N) is 2. The first-order chi connectivity index (χ1) is 11.5. The molecule has 0 spiro atoms. The minimum atomic E-state index is -0.281. The second kappa shape index (κ2) is 8.59. The van der Waals surface area contributed by atoms with Crippen molar-refractivity contribution in [3.63, 3.8) is 0 Å². The van der Waals surface area contributed by atoms with Crippen LogP contribution in [0, 0.1) is 19.7 Å². The number of aromatic nitrogens is 2. The van der Waals surface area contributed by atoms with Gasteiger partial charge in [0.15, 0.2) is 0 Å². The molecular formula is C18H25FN4O. The summed E-state index contributed by atoms with van der Waals surface area (Å²) in [6.07, 6.45) is 1.38. The molecular weight excluding hydrogens is 307 g/mol. The Bertz CT molecular complexity index is 679. The third-order valence-corrected chi connectivity index (χ3v) is 3.90. The van der Waals surface area contributed by atoms with Gasteiger partial charge in [-0.3, -0.25) is 4.79 Å². The molecule has 0 saturated carbocycles. The number of carbonyl (C=O) groups excluding carboxylic acids is 1. The number of halogens is 1. The summed E-state index contributed by atoms with van der Waals surface area (Å²) in [6.45, 7) is 8.26. The lowest BCUT2D eigenvalue weighted by Crippen LogP contribution is -2.33. The van der Waals surface area contributed by atoms with Crippen molar-refractivity contribution in [3.8, 4) is 5.69 Å². The van der Waals surface area contributed by atoms with Crippen molar-refractivity contribution in [2.75, 3.05) is 19.6 Å². The average molecular weight is 332 g/mol. The number of rotatable bonds is 8. The highest BCUT2D eigenvalue weighted by Gasteiger charge is 2.15. The van der Waals surface area contributed by atoms with Crippen LogP contribution >= 0.6 is 0 Å². The second-order valence-corrected chi connectivity index (χ2v) is 5.81. The van der Waals surface area contributed by atoms with E-state index in [-0.39, 0.29) is 11.7 Å². The minimum Gasteiger partial charge on any atom is -0.355 e. The topological polar surface area (TPSA) is 58.9 Å². The molecule has 1 aromatic carbocycles. The summed E-state index contributed by atoms with van der Waals surface area (Å²) in [4.78, 5) is 12.1. The van der Waals surface area contributed by atoms with E-state index in [2.05, 4.69) is 22.7 Å². The van der Waals surface area contributed by atoms with Gasteiger partial charge in [-0.25, -0.2) is 9.07 Å². The van der Waals surface area contributed by atoms with Crippen LogP contribution in [0.5, 0.6) is 0 Å². The Morgan fingerprint density at radius 3 is 2.54 bits per heavy atom. The SMILES string of the molecule is CCCNCCNC(=O)Cc1c(C)nn(-c2ccc(F)cc2)c1C. The van der Waals surface area contributed by atoms with Crippen LogP contribution < -0.4 is 10.6 Å². The Morgan fingerprint density at radius 1 is 1.17 bits per heavy atom. The molecule has 0 atom stereocenters. The third kappa shape index (κ3) is 4.64. The van der Waals surface area contributed by atoms with Crippen LogP contribution in [-0.2, 0) is 11.2 Å². The summed E-state index contributed by atoms with van der Waals surface area (Å²) in [7, 11) is 0. The predicted octanol–water partition coefficient (Wildman–Crippen LogP) is 2.29. The summed E-state index contributed by atoms with van der Waals surface area (Å²) in [5, 5.41) is 10.6. The van der Waals surface area contributed by atoms with Crippen molar-refractivity contribution in [3.05, 3.63) is 47.0 Å².